The highest BCUT2D eigenvalue weighted by Crippen LogP contribution is 2.48. The quantitative estimate of drug-likeness (QED) is 0.384. The van der Waals surface area contributed by atoms with E-state index in [4.69, 9.17) is 0 Å². The fourth-order valence-corrected chi connectivity index (χ4v) is 0. The van der Waals surface area contributed by atoms with Gasteiger partial charge < -0.3 is 5.11 Å². The van der Waals surface area contributed by atoms with Crippen molar-refractivity contribution in [3.05, 3.63) is 0 Å². The summed E-state index contributed by atoms with van der Waals surface area (Å²) in [5.74, 6) is 0. The number of rotatable bonds is 1. The van der Waals surface area contributed by atoms with Crippen LogP contribution in [0.5, 0.6) is 0 Å². The Morgan fingerprint density at radius 3 is 1.25 bits per heavy atom. The average Bonchev–Trinajstić information content (AvgIpc) is 1.25. The molecule has 0 aliphatic rings. The largest absolute Gasteiger partial charge is 0.377 e. The van der Waals surface area contributed by atoms with Gasteiger partial charge in [0.15, 0.2) is -0.565 Å². The molecule has 0 radical (unpaired) electrons. The van der Waals surface area contributed by atoms with Crippen molar-refractivity contribution < 1.29 is 5.11 Å². The normalized spacial score (nSPS) is 20.2. The van der Waals surface area contributed by atoms with Gasteiger partial charge in [0, 0.05) is 0 Å². The van der Waals surface area contributed by atoms with Crippen molar-refractivity contribution in [1.82, 2.24) is 0 Å². The van der Waals surface area contributed by atoms with E-state index in [1.807, 2.05) is 22.6 Å². The maximum absolute atomic E-state index is 9.32. The topological polar surface area (TPSA) is 20.2 Å². The third-order valence-corrected chi connectivity index (χ3v) is 7.57. The van der Waals surface area contributed by atoms with Gasteiger partial charge in [-0.3, -0.25) is 0 Å². The zero-order chi connectivity index (χ0) is 7.00. The fraction of sp³-hybridized carbons (Fsp3) is 1.00. The van der Waals surface area contributed by atoms with Gasteiger partial charge in [-0.05, 0) is 29.5 Å². The van der Waals surface area contributed by atoms with Crippen LogP contribution in [0.25, 0.3) is 0 Å². The second kappa shape index (κ2) is 3.52. The zero-order valence-corrected chi connectivity index (χ0v) is 12.6. The minimum absolute atomic E-state index is 0.110. The number of hydrogen-bond donors (Lipinski definition) is 1. The van der Waals surface area contributed by atoms with Crippen molar-refractivity contribution in [2.45, 2.75) is 9.97 Å². The van der Waals surface area contributed by atoms with Crippen LogP contribution in [0.2, 0.25) is 0 Å². The van der Waals surface area contributed by atoms with Crippen molar-refractivity contribution >= 4 is 90.4 Å². The van der Waals surface area contributed by atoms with Gasteiger partial charge >= 0.3 is 0 Å². The summed E-state index contributed by atoms with van der Waals surface area (Å²) in [6.45, 7) is 1.79. The highest BCUT2D eigenvalue weighted by molar-refractivity contribution is 14.3. The number of alkyl halides is 4. The second-order valence-electron chi connectivity index (χ2n) is 1.45. The van der Waals surface area contributed by atoms with E-state index in [0.29, 0.717) is 0 Å². The first-order valence-corrected chi connectivity index (χ1v) is 6.04. The average molecular weight is 564 g/mol. The summed E-state index contributed by atoms with van der Waals surface area (Å²) in [7, 11) is 0. The molecule has 50 valence electrons. The van der Waals surface area contributed by atoms with Crippen molar-refractivity contribution in [2.75, 3.05) is 0 Å². The predicted octanol–water partition coefficient (Wildman–Crippen LogP) is 3.09. The van der Waals surface area contributed by atoms with Crippen LogP contribution in [-0.4, -0.2) is 8.15 Å². The molecule has 5 heteroatoms. The van der Waals surface area contributed by atoms with Crippen molar-refractivity contribution in [3.63, 3.8) is 0 Å². The SMILES string of the molecule is CC(O)(I)C(I)(I)I. The summed E-state index contributed by atoms with van der Waals surface area (Å²) in [5, 5.41) is 9.32. The molecule has 1 N–H and O–H groups in total. The molecule has 0 aromatic rings. The summed E-state index contributed by atoms with van der Waals surface area (Å²) in [6, 6.07) is 0. The van der Waals surface area contributed by atoms with E-state index in [-0.39, 0.29) is -0.565 Å². The van der Waals surface area contributed by atoms with E-state index in [1.165, 1.54) is 0 Å². The monoisotopic (exact) mass is 564 g/mol. The van der Waals surface area contributed by atoms with Crippen molar-refractivity contribution in [3.8, 4) is 0 Å². The lowest BCUT2D eigenvalue weighted by Crippen LogP contribution is -2.30. The highest BCUT2D eigenvalue weighted by atomic mass is 127. The third kappa shape index (κ3) is 3.91. The predicted molar refractivity (Wildman–Crippen MR) is 69.4 cm³/mol. The highest BCUT2D eigenvalue weighted by Gasteiger charge is 2.37. The van der Waals surface area contributed by atoms with Crippen molar-refractivity contribution in [1.29, 1.82) is 0 Å². The van der Waals surface area contributed by atoms with Crippen LogP contribution >= 0.6 is 90.4 Å². The van der Waals surface area contributed by atoms with Crippen LogP contribution in [0, 0.1) is 0 Å². The summed E-state index contributed by atoms with van der Waals surface area (Å²) in [6.07, 6.45) is 0. The Morgan fingerprint density at radius 1 is 1.12 bits per heavy atom. The molecule has 0 bridgehead atoms. The lowest BCUT2D eigenvalue weighted by atomic mass is 10.5. The van der Waals surface area contributed by atoms with Crippen LogP contribution in [-0.2, 0) is 0 Å². The molecule has 0 rings (SSSR count). The van der Waals surface area contributed by atoms with E-state index in [0.717, 1.165) is 0 Å². The van der Waals surface area contributed by atoms with Gasteiger partial charge in [0.1, 0.15) is 3.61 Å². The molecule has 0 aliphatic heterocycles. The molecule has 0 amide bonds. The Kier molecular flexibility index (Phi) is 4.79. The van der Waals surface area contributed by atoms with E-state index in [1.54, 1.807) is 6.92 Å². The Labute approximate surface area is 103 Å². The van der Waals surface area contributed by atoms with E-state index in [2.05, 4.69) is 67.8 Å². The van der Waals surface area contributed by atoms with Crippen molar-refractivity contribution in [2.24, 2.45) is 0 Å². The summed E-state index contributed by atoms with van der Waals surface area (Å²) in [4.78, 5) is 0. The Hall–Kier alpha value is 2.88. The number of aliphatic hydroxyl groups is 1. The molecule has 0 heterocycles. The lowest BCUT2D eigenvalue weighted by Gasteiger charge is -2.25. The van der Waals surface area contributed by atoms with Gasteiger partial charge in [-0.1, -0.05) is 67.8 Å². The number of hydrogen-bond acceptors (Lipinski definition) is 1. The first kappa shape index (κ1) is 10.9. The minimum atomic E-state index is -0.633. The minimum Gasteiger partial charge on any atom is -0.377 e. The van der Waals surface area contributed by atoms with Gasteiger partial charge in [0.2, 0.25) is 0 Å². The molecule has 0 aliphatic carbocycles. The Bertz CT molecular complexity index is 66.3. The first-order chi connectivity index (χ1) is 3.25. The summed E-state index contributed by atoms with van der Waals surface area (Å²) in [5.41, 5.74) is 0. The van der Waals surface area contributed by atoms with Gasteiger partial charge in [-0.15, -0.1) is 0 Å². The summed E-state index contributed by atoms with van der Waals surface area (Å²) >= 11 is 8.61. The standard InChI is InChI=1S/C3H4I4O/c1-2(4,8)3(5,6)7/h8H,1H3. The molecular weight excluding hydrogens is 560 g/mol. The van der Waals surface area contributed by atoms with Gasteiger partial charge in [0.05, 0.1) is 0 Å². The molecule has 0 saturated heterocycles. The molecule has 1 unspecified atom stereocenters. The van der Waals surface area contributed by atoms with Gasteiger partial charge in [-0.2, -0.15) is 0 Å². The van der Waals surface area contributed by atoms with E-state index < -0.39 is 3.61 Å². The molecule has 0 aromatic heterocycles. The first-order valence-electron chi connectivity index (χ1n) is 1.73. The van der Waals surface area contributed by atoms with Gasteiger partial charge in [0.25, 0.3) is 0 Å². The molecule has 1 nitrogen and oxygen atoms in total. The molecule has 0 saturated carbocycles. The maximum atomic E-state index is 9.32. The molecule has 8 heavy (non-hydrogen) atoms. The van der Waals surface area contributed by atoms with Gasteiger partial charge in [-0.25, -0.2) is 0 Å². The number of halogens is 4. The Balaban J connectivity index is 4.02. The molecule has 1 atom stereocenters. The van der Waals surface area contributed by atoms with Crippen LogP contribution in [0.4, 0.5) is 0 Å². The van der Waals surface area contributed by atoms with Crippen LogP contribution in [0.15, 0.2) is 0 Å². The maximum Gasteiger partial charge on any atom is 0.161 e. The zero-order valence-electron chi connectivity index (χ0n) is 3.96. The smallest absolute Gasteiger partial charge is 0.161 e. The summed E-state index contributed by atoms with van der Waals surface area (Å²) < 4.78 is -0.743. The molecule has 0 fully saturated rings. The van der Waals surface area contributed by atoms with Crippen LogP contribution in [0.3, 0.4) is 0 Å². The Morgan fingerprint density at radius 2 is 1.25 bits per heavy atom. The third-order valence-electron chi connectivity index (χ3n) is 0.517. The van der Waals surface area contributed by atoms with Crippen LogP contribution < -0.4 is 0 Å². The lowest BCUT2D eigenvalue weighted by molar-refractivity contribution is 0.198. The fourth-order valence-electron chi connectivity index (χ4n) is 0. The molecule has 0 spiro atoms. The van der Waals surface area contributed by atoms with E-state index >= 15 is 0 Å². The van der Waals surface area contributed by atoms with E-state index in [9.17, 15) is 5.11 Å². The second-order valence-corrected chi connectivity index (χ2v) is 14.6. The molecular formula is C3H4I4O. The molecule has 0 aromatic carbocycles. The van der Waals surface area contributed by atoms with Crippen LogP contribution in [0.1, 0.15) is 6.92 Å².